The third kappa shape index (κ3) is 4.81. The van der Waals surface area contributed by atoms with E-state index >= 15 is 0 Å². The predicted molar refractivity (Wildman–Crippen MR) is 110 cm³/mol. The lowest BCUT2D eigenvalue weighted by Gasteiger charge is -2.05. The van der Waals surface area contributed by atoms with Crippen LogP contribution >= 0.6 is 0 Å². The van der Waals surface area contributed by atoms with Gasteiger partial charge in [-0.15, -0.1) is 0 Å². The molecule has 0 aliphatic carbocycles. The number of hydrogen-bond acceptors (Lipinski definition) is 5. The molecule has 0 saturated carbocycles. The first-order chi connectivity index (χ1) is 15.0. The first kappa shape index (κ1) is 20.0. The van der Waals surface area contributed by atoms with Crippen molar-refractivity contribution in [1.82, 2.24) is 19.6 Å². The van der Waals surface area contributed by atoms with Gasteiger partial charge in [-0.05, 0) is 23.8 Å². The summed E-state index contributed by atoms with van der Waals surface area (Å²) in [6, 6.07) is 14.9. The summed E-state index contributed by atoms with van der Waals surface area (Å²) in [5.41, 5.74) is 1.69. The number of rotatable bonds is 7. The van der Waals surface area contributed by atoms with Crippen LogP contribution in [0.15, 0.2) is 73.2 Å². The molecule has 0 saturated heterocycles. The molecule has 0 radical (unpaired) electrons. The second-order valence-corrected chi connectivity index (χ2v) is 6.79. The summed E-state index contributed by atoms with van der Waals surface area (Å²) in [6.07, 6.45) is 4.19. The summed E-state index contributed by atoms with van der Waals surface area (Å²) in [4.78, 5) is 22.7. The molecule has 156 valence electrons. The molecule has 10 heteroatoms. The molecule has 2 aromatic carbocycles. The lowest BCUT2D eigenvalue weighted by molar-refractivity contribution is -0.385. The number of hydrogen-bond donors (Lipinski definition) is 1. The normalized spacial score (nSPS) is 10.7. The third-order valence-corrected chi connectivity index (χ3v) is 4.56. The Bertz CT molecular complexity index is 1230. The topological polar surface area (TPSA) is 108 Å². The lowest BCUT2D eigenvalue weighted by atomic mass is 10.1. The average Bonchev–Trinajstić information content (AvgIpc) is 3.40. The van der Waals surface area contributed by atoms with Crippen molar-refractivity contribution in [3.05, 3.63) is 106 Å². The SMILES string of the molecule is O=C(Nc1ccn(Cc2ccccc2F)n1)c1ccc(Cn2cc([N+](=O)[O-])cn2)cc1. The Kier molecular flexibility index (Phi) is 5.52. The molecule has 31 heavy (non-hydrogen) atoms. The quantitative estimate of drug-likeness (QED) is 0.364. The van der Waals surface area contributed by atoms with Gasteiger partial charge in [0.05, 0.1) is 18.0 Å². The Hall–Kier alpha value is -4.34. The Morgan fingerprint density at radius 2 is 1.84 bits per heavy atom. The molecule has 2 aromatic heterocycles. The van der Waals surface area contributed by atoms with E-state index in [2.05, 4.69) is 15.5 Å². The van der Waals surface area contributed by atoms with E-state index in [-0.39, 0.29) is 24.0 Å². The molecular weight excluding hydrogens is 403 g/mol. The van der Waals surface area contributed by atoms with Crippen LogP contribution in [0.25, 0.3) is 0 Å². The first-order valence-corrected chi connectivity index (χ1v) is 9.32. The lowest BCUT2D eigenvalue weighted by Crippen LogP contribution is -2.13. The molecule has 0 aliphatic rings. The Labute approximate surface area is 175 Å². The van der Waals surface area contributed by atoms with Crippen molar-refractivity contribution >= 4 is 17.4 Å². The predicted octanol–water partition coefficient (Wildman–Crippen LogP) is 3.48. The summed E-state index contributed by atoms with van der Waals surface area (Å²) in [5, 5.41) is 21.6. The fourth-order valence-electron chi connectivity index (χ4n) is 2.99. The number of aromatic nitrogens is 4. The van der Waals surface area contributed by atoms with Gasteiger partial charge in [-0.2, -0.15) is 10.2 Å². The van der Waals surface area contributed by atoms with Crippen LogP contribution < -0.4 is 5.32 Å². The van der Waals surface area contributed by atoms with Gasteiger partial charge in [-0.25, -0.2) is 4.39 Å². The number of anilines is 1. The zero-order valence-electron chi connectivity index (χ0n) is 16.2. The summed E-state index contributed by atoms with van der Waals surface area (Å²) in [5.74, 6) is -0.292. The number of nitrogens with one attached hydrogen (secondary N) is 1. The van der Waals surface area contributed by atoms with Crippen LogP contribution in [0.4, 0.5) is 15.9 Å². The van der Waals surface area contributed by atoms with E-state index in [1.165, 1.54) is 23.1 Å². The largest absolute Gasteiger partial charge is 0.307 e. The summed E-state index contributed by atoms with van der Waals surface area (Å²) < 4.78 is 16.8. The third-order valence-electron chi connectivity index (χ3n) is 4.56. The van der Waals surface area contributed by atoms with Crippen LogP contribution in [0.2, 0.25) is 0 Å². The highest BCUT2D eigenvalue weighted by atomic mass is 19.1. The molecule has 1 N–H and O–H groups in total. The number of carbonyl (C=O) groups is 1. The standard InChI is InChI=1S/C21H17FN6O3/c22-19-4-2-1-3-17(19)13-26-10-9-20(25-26)24-21(29)16-7-5-15(6-8-16)12-27-14-18(11-23-27)28(30)31/h1-11,14H,12-13H2,(H,24,25,29). The number of halogens is 1. The highest BCUT2D eigenvalue weighted by Crippen LogP contribution is 2.13. The van der Waals surface area contributed by atoms with Gasteiger partial charge in [0.15, 0.2) is 5.82 Å². The molecule has 0 fully saturated rings. The molecule has 1 amide bonds. The van der Waals surface area contributed by atoms with Crippen LogP contribution in [0, 0.1) is 15.9 Å². The number of nitro groups is 1. The zero-order valence-corrected chi connectivity index (χ0v) is 16.2. The molecule has 0 aliphatic heterocycles. The van der Waals surface area contributed by atoms with E-state index in [1.807, 2.05) is 0 Å². The molecule has 0 bridgehead atoms. The average molecular weight is 420 g/mol. The van der Waals surface area contributed by atoms with E-state index in [1.54, 1.807) is 59.4 Å². The van der Waals surface area contributed by atoms with E-state index < -0.39 is 4.92 Å². The molecule has 0 spiro atoms. The highest BCUT2D eigenvalue weighted by molar-refractivity contribution is 6.03. The van der Waals surface area contributed by atoms with Crippen molar-refractivity contribution in [3.63, 3.8) is 0 Å². The first-order valence-electron chi connectivity index (χ1n) is 9.32. The molecule has 9 nitrogen and oxygen atoms in total. The fraction of sp³-hybridized carbons (Fsp3) is 0.0952. The van der Waals surface area contributed by atoms with Gasteiger partial charge >= 0.3 is 5.69 Å². The summed E-state index contributed by atoms with van der Waals surface area (Å²) >= 11 is 0. The van der Waals surface area contributed by atoms with Gasteiger partial charge in [-0.1, -0.05) is 30.3 Å². The smallest absolute Gasteiger partial charge is 0.305 e. The molecule has 0 atom stereocenters. The van der Waals surface area contributed by atoms with E-state index in [9.17, 15) is 19.3 Å². The van der Waals surface area contributed by atoms with Gasteiger partial charge in [0.1, 0.15) is 18.2 Å². The number of nitrogens with zero attached hydrogens (tertiary/aromatic N) is 5. The van der Waals surface area contributed by atoms with Crippen LogP contribution in [-0.4, -0.2) is 30.4 Å². The van der Waals surface area contributed by atoms with Crippen molar-refractivity contribution in [2.75, 3.05) is 5.32 Å². The summed E-state index contributed by atoms with van der Waals surface area (Å²) in [6.45, 7) is 0.596. The minimum Gasteiger partial charge on any atom is -0.305 e. The van der Waals surface area contributed by atoms with Gasteiger partial charge in [0.25, 0.3) is 5.91 Å². The zero-order chi connectivity index (χ0) is 21.8. The van der Waals surface area contributed by atoms with Crippen LogP contribution in [0.1, 0.15) is 21.5 Å². The Balaban J connectivity index is 1.37. The minimum absolute atomic E-state index is 0.0783. The maximum absolute atomic E-state index is 13.8. The van der Waals surface area contributed by atoms with Crippen LogP contribution in [0.5, 0.6) is 0 Å². The molecular formula is C21H17FN6O3. The van der Waals surface area contributed by atoms with Crippen LogP contribution in [0.3, 0.4) is 0 Å². The van der Waals surface area contributed by atoms with Crippen molar-refractivity contribution < 1.29 is 14.1 Å². The molecule has 4 rings (SSSR count). The number of benzene rings is 2. The Morgan fingerprint density at radius 1 is 1.06 bits per heavy atom. The van der Waals surface area contributed by atoms with E-state index in [4.69, 9.17) is 0 Å². The van der Waals surface area contributed by atoms with Crippen molar-refractivity contribution in [2.45, 2.75) is 13.1 Å². The van der Waals surface area contributed by atoms with E-state index in [0.717, 1.165) is 5.56 Å². The van der Waals surface area contributed by atoms with Gasteiger partial charge in [0.2, 0.25) is 0 Å². The van der Waals surface area contributed by atoms with Crippen molar-refractivity contribution in [3.8, 4) is 0 Å². The second kappa shape index (κ2) is 8.57. The van der Waals surface area contributed by atoms with Gasteiger partial charge in [0, 0.05) is 23.4 Å². The number of amides is 1. The van der Waals surface area contributed by atoms with Crippen LogP contribution in [-0.2, 0) is 13.1 Å². The van der Waals surface area contributed by atoms with E-state index in [0.29, 0.717) is 23.5 Å². The minimum atomic E-state index is -0.505. The molecule has 0 unspecified atom stereocenters. The maximum Gasteiger partial charge on any atom is 0.307 e. The van der Waals surface area contributed by atoms with Crippen molar-refractivity contribution in [1.29, 1.82) is 0 Å². The highest BCUT2D eigenvalue weighted by Gasteiger charge is 2.11. The van der Waals surface area contributed by atoms with Gasteiger partial charge < -0.3 is 5.32 Å². The maximum atomic E-state index is 13.8. The molecule has 4 aromatic rings. The summed E-state index contributed by atoms with van der Waals surface area (Å²) in [7, 11) is 0. The number of carbonyl (C=O) groups excluding carboxylic acids is 1. The van der Waals surface area contributed by atoms with Gasteiger partial charge in [-0.3, -0.25) is 24.3 Å². The fourth-order valence-corrected chi connectivity index (χ4v) is 2.99. The van der Waals surface area contributed by atoms with Crippen molar-refractivity contribution in [2.24, 2.45) is 0 Å². The Morgan fingerprint density at radius 3 is 2.55 bits per heavy atom. The second-order valence-electron chi connectivity index (χ2n) is 6.79. The monoisotopic (exact) mass is 420 g/mol. The molecule has 2 heterocycles.